The number of nitrogens with two attached hydrogens (primary N) is 1. The molecule has 0 aliphatic heterocycles. The third kappa shape index (κ3) is 4.33. The minimum atomic E-state index is -1.25. The van der Waals surface area contributed by atoms with Gasteiger partial charge >= 0.3 is 0 Å². The Hall–Kier alpha value is -1.40. The highest BCUT2D eigenvalue weighted by molar-refractivity contribution is 7.86. The van der Waals surface area contributed by atoms with Gasteiger partial charge in [0.2, 0.25) is 5.91 Å². The van der Waals surface area contributed by atoms with Gasteiger partial charge in [-0.2, -0.15) is 0 Å². The highest BCUT2D eigenvalue weighted by Gasteiger charge is 2.20. The molecule has 0 aliphatic rings. The van der Waals surface area contributed by atoms with Crippen LogP contribution in [0.5, 0.6) is 0 Å². The fourth-order valence-corrected chi connectivity index (χ4v) is 2.47. The van der Waals surface area contributed by atoms with Crippen molar-refractivity contribution in [2.45, 2.75) is 19.1 Å². The number of carbonyl (C=O) groups excluding carboxylic acids is 1. The van der Waals surface area contributed by atoms with Crippen molar-refractivity contribution in [3.8, 4) is 0 Å². The van der Waals surface area contributed by atoms with E-state index in [2.05, 4.69) is 5.32 Å². The number of anilines is 2. The number of rotatable bonds is 6. The summed E-state index contributed by atoms with van der Waals surface area (Å²) in [5.74, 6) is 0.0733. The number of amides is 1. The van der Waals surface area contributed by atoms with Crippen LogP contribution in [-0.4, -0.2) is 34.8 Å². The molecule has 19 heavy (non-hydrogen) atoms. The molecule has 0 spiro atoms. The van der Waals surface area contributed by atoms with Crippen LogP contribution in [0.1, 0.15) is 12.5 Å². The number of hydrogen-bond donors (Lipinski definition) is 2. The monoisotopic (exact) mass is 284 g/mol. The molecule has 1 rings (SSSR count). The second kappa shape index (κ2) is 7.25. The quantitative estimate of drug-likeness (QED) is 0.771. The Morgan fingerprint density at radius 1 is 1.53 bits per heavy atom. The molecule has 3 N–H and O–H groups in total. The highest BCUT2D eigenvalue weighted by atomic mass is 32.2. The van der Waals surface area contributed by atoms with E-state index >= 15 is 0 Å². The molecule has 6 heteroatoms. The summed E-state index contributed by atoms with van der Waals surface area (Å²) in [7, 11) is 0.291. The zero-order chi connectivity index (χ0) is 14.4. The Morgan fingerprint density at radius 2 is 2.21 bits per heavy atom. The smallest absolute Gasteiger partial charge is 0.239 e. The number of carbonyl (C=O) groups is 1. The lowest BCUT2D eigenvalue weighted by Crippen LogP contribution is -2.31. The zero-order valence-corrected chi connectivity index (χ0v) is 12.3. The van der Waals surface area contributed by atoms with E-state index in [0.717, 1.165) is 5.56 Å². The molecule has 1 amide bonds. The van der Waals surface area contributed by atoms with Gasteiger partial charge in [0.25, 0.3) is 0 Å². The van der Waals surface area contributed by atoms with Crippen molar-refractivity contribution in [1.82, 2.24) is 0 Å². The molecule has 5 nitrogen and oxygen atoms in total. The normalized spacial score (nSPS) is 13.8. The van der Waals surface area contributed by atoms with Crippen molar-refractivity contribution >= 4 is 28.1 Å². The van der Waals surface area contributed by atoms with Gasteiger partial charge < -0.3 is 15.8 Å². The second-order valence-electron chi connectivity index (χ2n) is 4.23. The van der Waals surface area contributed by atoms with E-state index in [1.54, 1.807) is 25.1 Å². The lowest BCUT2D eigenvalue weighted by atomic mass is 10.1. The first-order valence-corrected chi connectivity index (χ1v) is 7.37. The molecule has 2 atom stereocenters. The Kier molecular flexibility index (Phi) is 5.98. The van der Waals surface area contributed by atoms with E-state index in [1.807, 2.05) is 6.92 Å². The molecule has 0 aromatic heterocycles. The van der Waals surface area contributed by atoms with Gasteiger partial charge in [0.1, 0.15) is 5.25 Å². The molecule has 0 saturated heterocycles. The molecule has 1 aromatic rings. The third-order valence-corrected chi connectivity index (χ3v) is 4.46. The largest absolute Gasteiger partial charge is 0.398 e. The van der Waals surface area contributed by atoms with Gasteiger partial charge in [0.05, 0.1) is 6.61 Å². The first kappa shape index (κ1) is 15.7. The maximum Gasteiger partial charge on any atom is 0.239 e. The van der Waals surface area contributed by atoms with E-state index in [-0.39, 0.29) is 5.91 Å². The topological polar surface area (TPSA) is 81.4 Å². The fraction of sp³-hybridized carbons (Fsp3) is 0.462. The summed E-state index contributed by atoms with van der Waals surface area (Å²) in [6.07, 6.45) is 0. The minimum absolute atomic E-state index is 0.275. The van der Waals surface area contributed by atoms with Gasteiger partial charge in [-0.05, 0) is 31.5 Å². The zero-order valence-electron chi connectivity index (χ0n) is 11.4. The van der Waals surface area contributed by atoms with Crippen molar-refractivity contribution in [3.63, 3.8) is 0 Å². The van der Waals surface area contributed by atoms with Gasteiger partial charge in [0.15, 0.2) is 0 Å². The average molecular weight is 284 g/mol. The molecule has 0 saturated carbocycles. The molecule has 0 radical (unpaired) electrons. The molecule has 106 valence electrons. The predicted molar refractivity (Wildman–Crippen MR) is 78.6 cm³/mol. The van der Waals surface area contributed by atoms with Crippen LogP contribution in [0.25, 0.3) is 0 Å². The maximum absolute atomic E-state index is 12.0. The Labute approximate surface area is 116 Å². The van der Waals surface area contributed by atoms with Crippen LogP contribution in [0.2, 0.25) is 0 Å². The van der Waals surface area contributed by atoms with Crippen LogP contribution < -0.4 is 11.1 Å². The van der Waals surface area contributed by atoms with Crippen molar-refractivity contribution in [2.24, 2.45) is 0 Å². The molecular formula is C13H20N2O3S. The lowest BCUT2D eigenvalue weighted by molar-refractivity contribution is -0.115. The van der Waals surface area contributed by atoms with E-state index in [0.29, 0.717) is 23.7 Å². The molecule has 2 unspecified atom stereocenters. The Bertz CT molecular complexity index is 477. The van der Waals surface area contributed by atoms with Gasteiger partial charge in [0, 0.05) is 35.0 Å². The number of benzene rings is 1. The highest BCUT2D eigenvalue weighted by Crippen LogP contribution is 2.20. The Morgan fingerprint density at radius 3 is 2.84 bits per heavy atom. The average Bonchev–Trinajstić information content (AvgIpc) is 2.40. The number of methoxy groups -OCH3 is 1. The first-order valence-electron chi connectivity index (χ1n) is 5.99. The summed E-state index contributed by atoms with van der Waals surface area (Å²) in [5, 5.41) is 2.17. The van der Waals surface area contributed by atoms with Crippen LogP contribution in [0.3, 0.4) is 0 Å². The number of nitrogens with one attached hydrogen (secondary N) is 1. The molecular weight excluding hydrogens is 264 g/mol. The lowest BCUT2D eigenvalue weighted by Gasteiger charge is -2.14. The maximum atomic E-state index is 12.0. The molecule has 0 fully saturated rings. The summed E-state index contributed by atoms with van der Waals surface area (Å²) < 4.78 is 16.7. The van der Waals surface area contributed by atoms with Crippen LogP contribution in [-0.2, 0) is 20.3 Å². The van der Waals surface area contributed by atoms with Crippen molar-refractivity contribution < 1.29 is 13.7 Å². The molecule has 0 heterocycles. The number of ether oxygens (including phenoxy) is 1. The van der Waals surface area contributed by atoms with E-state index in [1.165, 1.54) is 7.11 Å². The predicted octanol–water partition coefficient (Wildman–Crippen LogP) is 1.30. The van der Waals surface area contributed by atoms with Gasteiger partial charge in [-0.1, -0.05) is 6.07 Å². The SMILES string of the molecule is COCCS(=O)C(C)C(=O)Nc1cccc(N)c1C. The summed E-state index contributed by atoms with van der Waals surface area (Å²) in [5.41, 5.74) is 7.85. The van der Waals surface area contributed by atoms with Gasteiger partial charge in [-0.15, -0.1) is 0 Å². The Balaban J connectivity index is 2.69. The van der Waals surface area contributed by atoms with E-state index in [4.69, 9.17) is 10.5 Å². The van der Waals surface area contributed by atoms with Gasteiger partial charge in [-0.3, -0.25) is 9.00 Å². The number of hydrogen-bond acceptors (Lipinski definition) is 4. The second-order valence-corrected chi connectivity index (χ2v) is 6.11. The van der Waals surface area contributed by atoms with Crippen LogP contribution in [0.15, 0.2) is 18.2 Å². The third-order valence-electron chi connectivity index (χ3n) is 2.89. The van der Waals surface area contributed by atoms with E-state index in [9.17, 15) is 9.00 Å². The first-order chi connectivity index (χ1) is 8.97. The van der Waals surface area contributed by atoms with E-state index < -0.39 is 16.0 Å². The van der Waals surface area contributed by atoms with Crippen molar-refractivity contribution in [2.75, 3.05) is 30.5 Å². The standard InChI is InChI=1S/C13H20N2O3S/c1-9-11(14)5-4-6-12(9)15-13(16)10(2)19(17)8-7-18-3/h4-6,10H,7-8,14H2,1-3H3,(H,15,16). The molecule has 1 aromatic carbocycles. The molecule has 0 aliphatic carbocycles. The van der Waals surface area contributed by atoms with Crippen molar-refractivity contribution in [3.05, 3.63) is 23.8 Å². The summed E-state index contributed by atoms with van der Waals surface area (Å²) >= 11 is 0. The van der Waals surface area contributed by atoms with Crippen molar-refractivity contribution in [1.29, 1.82) is 0 Å². The minimum Gasteiger partial charge on any atom is -0.398 e. The van der Waals surface area contributed by atoms with Crippen LogP contribution in [0, 0.1) is 6.92 Å². The summed E-state index contributed by atoms with van der Waals surface area (Å²) in [6, 6.07) is 5.31. The fourth-order valence-electron chi connectivity index (χ4n) is 1.48. The summed E-state index contributed by atoms with van der Waals surface area (Å²) in [4.78, 5) is 12.0. The van der Waals surface area contributed by atoms with Crippen LogP contribution in [0.4, 0.5) is 11.4 Å². The molecule has 0 bridgehead atoms. The number of nitrogen functional groups attached to an aromatic ring is 1. The van der Waals surface area contributed by atoms with Crippen LogP contribution >= 0.6 is 0 Å². The van der Waals surface area contributed by atoms with Gasteiger partial charge in [-0.25, -0.2) is 0 Å². The summed E-state index contributed by atoms with van der Waals surface area (Å²) in [6.45, 7) is 3.85.